The molecular formula is C13H20N2O3S. The summed E-state index contributed by atoms with van der Waals surface area (Å²) >= 11 is 0. The van der Waals surface area contributed by atoms with Gasteiger partial charge in [0.15, 0.2) is 0 Å². The number of anilines is 1. The molecule has 1 aromatic carbocycles. The number of sulfonamides is 1. The van der Waals surface area contributed by atoms with Crippen molar-refractivity contribution in [3.63, 3.8) is 0 Å². The molecule has 0 radical (unpaired) electrons. The van der Waals surface area contributed by atoms with E-state index in [0.717, 1.165) is 5.56 Å². The number of hydrogen-bond donors (Lipinski definition) is 2. The molecule has 0 spiro atoms. The lowest BCUT2D eigenvalue weighted by Crippen LogP contribution is -2.34. The second kappa shape index (κ2) is 4.77. The van der Waals surface area contributed by atoms with E-state index >= 15 is 0 Å². The van der Waals surface area contributed by atoms with Crippen LogP contribution in [0.5, 0.6) is 0 Å². The molecule has 1 aliphatic rings. The summed E-state index contributed by atoms with van der Waals surface area (Å²) in [6.45, 7) is 4.04. The van der Waals surface area contributed by atoms with E-state index in [4.69, 9.17) is 5.73 Å². The molecule has 6 heteroatoms. The number of hydrogen-bond acceptors (Lipinski definition) is 4. The molecule has 5 nitrogen and oxygen atoms in total. The lowest BCUT2D eigenvalue weighted by molar-refractivity contribution is 0.0762. The third kappa shape index (κ3) is 2.75. The van der Waals surface area contributed by atoms with E-state index in [1.54, 1.807) is 19.1 Å². The Hall–Kier alpha value is -1.11. The molecule has 106 valence electrons. The van der Waals surface area contributed by atoms with Crippen molar-refractivity contribution >= 4 is 15.7 Å². The normalized spacial score (nSPS) is 24.8. The van der Waals surface area contributed by atoms with E-state index < -0.39 is 15.6 Å². The van der Waals surface area contributed by atoms with Crippen molar-refractivity contribution in [3.05, 3.63) is 23.8 Å². The fourth-order valence-corrected chi connectivity index (χ4v) is 4.24. The Kier molecular flexibility index (Phi) is 3.59. The second-order valence-electron chi connectivity index (χ2n) is 5.31. The van der Waals surface area contributed by atoms with Gasteiger partial charge in [-0.2, -0.15) is 4.31 Å². The Labute approximate surface area is 114 Å². The average molecular weight is 284 g/mol. The highest BCUT2D eigenvalue weighted by atomic mass is 32.2. The molecule has 1 unspecified atom stereocenters. The first-order valence-corrected chi connectivity index (χ1v) is 7.81. The van der Waals surface area contributed by atoms with E-state index in [1.807, 2.05) is 6.92 Å². The number of nitrogen functional groups attached to an aromatic ring is 1. The lowest BCUT2D eigenvalue weighted by Gasteiger charge is -2.20. The van der Waals surface area contributed by atoms with Crippen LogP contribution in [0.3, 0.4) is 0 Å². The predicted octanol–water partition coefficient (Wildman–Crippen LogP) is 0.977. The molecular weight excluding hydrogens is 264 g/mol. The summed E-state index contributed by atoms with van der Waals surface area (Å²) in [6, 6.07) is 4.95. The third-order valence-electron chi connectivity index (χ3n) is 3.51. The smallest absolute Gasteiger partial charge is 0.243 e. The van der Waals surface area contributed by atoms with Gasteiger partial charge in [-0.15, -0.1) is 0 Å². The first kappa shape index (κ1) is 14.3. The minimum absolute atomic E-state index is 0.132. The third-order valence-corrected chi connectivity index (χ3v) is 5.43. The Morgan fingerprint density at radius 2 is 2.16 bits per heavy atom. The van der Waals surface area contributed by atoms with Crippen LogP contribution in [-0.2, 0) is 16.4 Å². The fourth-order valence-electron chi connectivity index (χ4n) is 2.35. The van der Waals surface area contributed by atoms with Crippen molar-refractivity contribution in [1.29, 1.82) is 0 Å². The van der Waals surface area contributed by atoms with Crippen LogP contribution in [0.1, 0.15) is 25.8 Å². The standard InChI is InChI=1S/C13H20N2O3S/c1-3-10-4-5-11(14)8-12(10)19(17,18)15-7-6-13(2,16)9-15/h4-5,8,16H,3,6-7,9,14H2,1-2H3. The monoisotopic (exact) mass is 284 g/mol. The SMILES string of the molecule is CCc1ccc(N)cc1S(=O)(=O)N1CCC(C)(O)C1. The van der Waals surface area contributed by atoms with Crippen molar-refractivity contribution < 1.29 is 13.5 Å². The summed E-state index contributed by atoms with van der Waals surface area (Å²) in [6.07, 6.45) is 1.08. The second-order valence-corrected chi connectivity index (χ2v) is 7.21. The highest BCUT2D eigenvalue weighted by Gasteiger charge is 2.39. The lowest BCUT2D eigenvalue weighted by atomic mass is 10.1. The summed E-state index contributed by atoms with van der Waals surface area (Å²) < 4.78 is 26.6. The van der Waals surface area contributed by atoms with Gasteiger partial charge < -0.3 is 10.8 Å². The Morgan fingerprint density at radius 3 is 2.68 bits per heavy atom. The van der Waals surface area contributed by atoms with Crippen LogP contribution in [0.15, 0.2) is 23.1 Å². The Balaban J connectivity index is 2.43. The zero-order chi connectivity index (χ0) is 14.3. The predicted molar refractivity (Wildman–Crippen MR) is 74.2 cm³/mol. The molecule has 1 heterocycles. The maximum atomic E-state index is 12.6. The molecule has 1 atom stereocenters. The molecule has 2 rings (SSSR count). The summed E-state index contributed by atoms with van der Waals surface area (Å²) in [5, 5.41) is 9.93. The molecule has 0 amide bonds. The first-order valence-electron chi connectivity index (χ1n) is 6.37. The van der Waals surface area contributed by atoms with E-state index in [0.29, 0.717) is 25.1 Å². The van der Waals surface area contributed by atoms with Crippen LogP contribution in [0.25, 0.3) is 0 Å². The Bertz CT molecular complexity index is 582. The highest BCUT2D eigenvalue weighted by molar-refractivity contribution is 7.89. The molecule has 19 heavy (non-hydrogen) atoms. The van der Waals surface area contributed by atoms with Crippen LogP contribution in [0.2, 0.25) is 0 Å². The van der Waals surface area contributed by atoms with Gasteiger partial charge in [-0.3, -0.25) is 0 Å². The van der Waals surface area contributed by atoms with Crippen LogP contribution in [0, 0.1) is 0 Å². The van der Waals surface area contributed by atoms with E-state index in [-0.39, 0.29) is 11.4 Å². The molecule has 0 saturated carbocycles. The molecule has 1 saturated heterocycles. The minimum Gasteiger partial charge on any atom is -0.399 e. The van der Waals surface area contributed by atoms with Crippen molar-refractivity contribution in [2.24, 2.45) is 0 Å². The summed E-state index contributed by atoms with van der Waals surface area (Å²) in [4.78, 5) is 0.257. The quantitative estimate of drug-likeness (QED) is 0.810. The van der Waals surface area contributed by atoms with Crippen molar-refractivity contribution in [2.45, 2.75) is 37.2 Å². The van der Waals surface area contributed by atoms with Gasteiger partial charge in [-0.25, -0.2) is 8.42 Å². The van der Waals surface area contributed by atoms with Gasteiger partial charge in [0, 0.05) is 18.8 Å². The molecule has 0 aromatic heterocycles. The van der Waals surface area contributed by atoms with Gasteiger partial charge in [0.1, 0.15) is 0 Å². The van der Waals surface area contributed by atoms with Crippen LogP contribution < -0.4 is 5.73 Å². The molecule has 1 aromatic rings. The van der Waals surface area contributed by atoms with Crippen molar-refractivity contribution in [2.75, 3.05) is 18.8 Å². The number of nitrogens with zero attached hydrogens (tertiary/aromatic N) is 1. The fraction of sp³-hybridized carbons (Fsp3) is 0.538. The van der Waals surface area contributed by atoms with Crippen LogP contribution in [-0.4, -0.2) is 36.5 Å². The van der Waals surface area contributed by atoms with E-state index in [9.17, 15) is 13.5 Å². The summed E-state index contributed by atoms with van der Waals surface area (Å²) in [5.74, 6) is 0. The van der Waals surface area contributed by atoms with Crippen LogP contribution in [0.4, 0.5) is 5.69 Å². The van der Waals surface area contributed by atoms with Gasteiger partial charge in [0.2, 0.25) is 10.0 Å². The largest absolute Gasteiger partial charge is 0.399 e. The number of aliphatic hydroxyl groups is 1. The number of β-amino-alcohol motifs (C(OH)–C–C–N with tert-alkyl or cyclic N) is 1. The van der Waals surface area contributed by atoms with Gasteiger partial charge in [0.25, 0.3) is 0 Å². The van der Waals surface area contributed by atoms with Gasteiger partial charge in [-0.1, -0.05) is 13.0 Å². The van der Waals surface area contributed by atoms with E-state index in [1.165, 1.54) is 10.4 Å². The zero-order valence-corrected chi connectivity index (χ0v) is 12.1. The molecule has 0 aliphatic carbocycles. The molecule has 1 fully saturated rings. The minimum atomic E-state index is -3.58. The van der Waals surface area contributed by atoms with Crippen molar-refractivity contribution in [1.82, 2.24) is 4.31 Å². The van der Waals surface area contributed by atoms with Crippen LogP contribution >= 0.6 is 0 Å². The molecule has 0 bridgehead atoms. The Morgan fingerprint density at radius 1 is 1.47 bits per heavy atom. The van der Waals surface area contributed by atoms with Gasteiger partial charge >= 0.3 is 0 Å². The van der Waals surface area contributed by atoms with E-state index in [2.05, 4.69) is 0 Å². The average Bonchev–Trinajstić information content (AvgIpc) is 2.70. The van der Waals surface area contributed by atoms with Crippen molar-refractivity contribution in [3.8, 4) is 0 Å². The molecule has 3 N–H and O–H groups in total. The maximum Gasteiger partial charge on any atom is 0.243 e. The summed E-state index contributed by atoms with van der Waals surface area (Å²) in [7, 11) is -3.58. The van der Waals surface area contributed by atoms with Gasteiger partial charge in [0.05, 0.1) is 10.5 Å². The molecule has 1 aliphatic heterocycles. The zero-order valence-electron chi connectivity index (χ0n) is 11.3. The topological polar surface area (TPSA) is 83.6 Å². The highest BCUT2D eigenvalue weighted by Crippen LogP contribution is 2.29. The number of aryl methyl sites for hydroxylation is 1. The number of benzene rings is 1. The maximum absolute atomic E-state index is 12.6. The number of rotatable bonds is 3. The summed E-state index contributed by atoms with van der Waals surface area (Å²) in [5.41, 5.74) is 5.94. The number of nitrogens with two attached hydrogens (primary N) is 1. The van der Waals surface area contributed by atoms with Gasteiger partial charge in [-0.05, 0) is 37.5 Å². The first-order chi connectivity index (χ1) is 8.76.